The van der Waals surface area contributed by atoms with Gasteiger partial charge in [-0.1, -0.05) is 7.92 Å². The van der Waals surface area contributed by atoms with Gasteiger partial charge < -0.3 is 30.7 Å². The number of anilines is 5. The van der Waals surface area contributed by atoms with Crippen LogP contribution in [-0.4, -0.2) is 79.4 Å². The molecule has 0 atom stereocenters. The molecule has 13 heteroatoms. The molecule has 2 aliphatic rings. The zero-order valence-corrected chi connectivity index (χ0v) is 29.7. The van der Waals surface area contributed by atoms with Crippen LogP contribution in [0.1, 0.15) is 31.2 Å². The van der Waals surface area contributed by atoms with Crippen molar-refractivity contribution < 1.29 is 9.47 Å². The number of nitrogens with zero attached hydrogens (tertiary/aromatic N) is 6. The Kier molecular flexibility index (Phi) is 10.5. The molecule has 0 spiro atoms. The summed E-state index contributed by atoms with van der Waals surface area (Å²) in [6.45, 7) is 7.06. The van der Waals surface area contributed by atoms with E-state index in [9.17, 15) is 0 Å². The van der Waals surface area contributed by atoms with E-state index in [4.69, 9.17) is 20.2 Å². The second-order valence-corrected chi connectivity index (χ2v) is 15.1. The van der Waals surface area contributed by atoms with Crippen molar-refractivity contribution in [2.45, 2.75) is 31.8 Å². The van der Waals surface area contributed by atoms with Crippen LogP contribution in [-0.2, 0) is 4.74 Å². The van der Waals surface area contributed by atoms with Gasteiger partial charge in [0.1, 0.15) is 11.6 Å². The highest BCUT2D eigenvalue weighted by atomic mass is 79.9. The lowest BCUT2D eigenvalue weighted by Crippen LogP contribution is -2.37. The number of halogens is 1. The van der Waals surface area contributed by atoms with Crippen LogP contribution in [0.2, 0.25) is 0 Å². The summed E-state index contributed by atoms with van der Waals surface area (Å²) in [4.78, 5) is 25.2. The number of methoxy groups -OCH3 is 1. The maximum atomic E-state index is 6.21. The highest BCUT2D eigenvalue weighted by Crippen LogP contribution is 2.40. The SMILES string of the molecule is CN=CC(=CN)c1cc(Nc2ncc(Br)c(Nc3ccc4nccnc4c3P(C)C)n2)c(OC)cc1N1CCC(OCC2CC2)CC1. The van der Waals surface area contributed by atoms with Gasteiger partial charge in [0, 0.05) is 91.6 Å². The molecule has 11 nitrogen and oxygen atoms in total. The minimum atomic E-state index is -0.498. The van der Waals surface area contributed by atoms with Gasteiger partial charge in [-0.05, 0) is 79.1 Å². The topological polar surface area (TPSA) is 136 Å². The van der Waals surface area contributed by atoms with Crippen LogP contribution in [0.3, 0.4) is 0 Å². The van der Waals surface area contributed by atoms with E-state index in [-0.39, 0.29) is 0 Å². The van der Waals surface area contributed by atoms with Gasteiger partial charge in [0.25, 0.3) is 0 Å². The Balaban J connectivity index is 1.29. The highest BCUT2D eigenvalue weighted by molar-refractivity contribution is 9.10. The van der Waals surface area contributed by atoms with Crippen LogP contribution in [0.15, 0.2) is 58.5 Å². The third-order valence-electron chi connectivity index (χ3n) is 8.43. The third-order valence-corrected chi connectivity index (χ3v) is 10.4. The molecule has 4 aromatic rings. The van der Waals surface area contributed by atoms with Gasteiger partial charge in [-0.15, -0.1) is 0 Å². The Morgan fingerprint density at radius 1 is 1.09 bits per heavy atom. The molecule has 0 unspecified atom stereocenters. The van der Waals surface area contributed by atoms with Crippen molar-refractivity contribution >= 4 is 80.8 Å². The van der Waals surface area contributed by atoms with Gasteiger partial charge in [0.2, 0.25) is 5.95 Å². The number of piperidine rings is 1. The largest absolute Gasteiger partial charge is 0.494 e. The summed E-state index contributed by atoms with van der Waals surface area (Å²) in [5.74, 6) is 2.45. The number of nitrogens with one attached hydrogen (secondary N) is 2. The Morgan fingerprint density at radius 3 is 2.57 bits per heavy atom. The number of aromatic nitrogens is 4. The summed E-state index contributed by atoms with van der Waals surface area (Å²) < 4.78 is 12.9. The van der Waals surface area contributed by atoms with Crippen molar-refractivity contribution in [3.8, 4) is 5.75 Å². The number of aliphatic imine (C=N–C) groups is 1. The molecule has 0 radical (unpaired) electrons. The molecule has 0 amide bonds. The zero-order valence-electron chi connectivity index (χ0n) is 27.2. The van der Waals surface area contributed by atoms with Gasteiger partial charge in [-0.3, -0.25) is 15.0 Å². The molecule has 3 heterocycles. The van der Waals surface area contributed by atoms with Crippen molar-refractivity contribution in [1.29, 1.82) is 0 Å². The summed E-state index contributed by atoms with van der Waals surface area (Å²) in [6.07, 6.45) is 13.4. The molecule has 2 aromatic carbocycles. The van der Waals surface area contributed by atoms with Crippen LogP contribution < -0.4 is 31.3 Å². The lowest BCUT2D eigenvalue weighted by atomic mass is 10.00. The maximum absolute atomic E-state index is 6.21. The first-order chi connectivity index (χ1) is 22.9. The predicted octanol–water partition coefficient (Wildman–Crippen LogP) is 6.44. The highest BCUT2D eigenvalue weighted by Gasteiger charge is 2.27. The summed E-state index contributed by atoms with van der Waals surface area (Å²) in [6, 6.07) is 8.09. The molecule has 246 valence electrons. The van der Waals surface area contributed by atoms with Gasteiger partial charge in [-0.25, -0.2) is 4.98 Å². The van der Waals surface area contributed by atoms with Crippen LogP contribution in [0, 0.1) is 5.92 Å². The number of hydrogen-bond acceptors (Lipinski definition) is 11. The number of nitrogens with two attached hydrogens (primary N) is 1. The molecule has 47 heavy (non-hydrogen) atoms. The summed E-state index contributed by atoms with van der Waals surface area (Å²) in [5.41, 5.74) is 12.3. The number of allylic oxidation sites excluding steroid dienone is 1. The Hall–Kier alpha value is -3.86. The van der Waals surface area contributed by atoms with Gasteiger partial charge in [0.15, 0.2) is 0 Å². The molecule has 0 bridgehead atoms. The molecule has 2 fully saturated rings. The van der Waals surface area contributed by atoms with Gasteiger partial charge >= 0.3 is 0 Å². The molecule has 4 N–H and O–H groups in total. The first-order valence-electron chi connectivity index (χ1n) is 15.8. The molecule has 1 aliphatic carbocycles. The van der Waals surface area contributed by atoms with Crippen molar-refractivity contribution in [2.24, 2.45) is 16.6 Å². The Morgan fingerprint density at radius 2 is 1.87 bits per heavy atom. The van der Waals surface area contributed by atoms with E-state index < -0.39 is 7.92 Å². The van der Waals surface area contributed by atoms with Gasteiger partial charge in [-0.2, -0.15) is 4.98 Å². The fourth-order valence-corrected chi connectivity index (χ4v) is 7.33. The number of rotatable bonds is 12. The smallest absolute Gasteiger partial charge is 0.229 e. The fraction of sp³-hybridized carbons (Fsp3) is 0.382. The summed E-state index contributed by atoms with van der Waals surface area (Å²) >= 11 is 3.63. The first-order valence-corrected chi connectivity index (χ1v) is 18.8. The molecule has 6 rings (SSSR count). The minimum absolute atomic E-state index is 0.303. The molecule has 1 saturated carbocycles. The first kappa shape index (κ1) is 33.1. The monoisotopic (exact) mass is 717 g/mol. The van der Waals surface area contributed by atoms with E-state index >= 15 is 0 Å². The van der Waals surface area contributed by atoms with Gasteiger partial charge in [0.05, 0.1) is 34.4 Å². The van der Waals surface area contributed by atoms with Crippen LogP contribution in [0.25, 0.3) is 16.6 Å². The summed E-state index contributed by atoms with van der Waals surface area (Å²) in [5, 5.41) is 8.05. The number of fused-ring (bicyclic) bond motifs is 1. The average Bonchev–Trinajstić information content (AvgIpc) is 3.92. The van der Waals surface area contributed by atoms with Crippen molar-refractivity contribution in [3.63, 3.8) is 0 Å². The quantitative estimate of drug-likeness (QED) is 0.111. The Bertz CT molecular complexity index is 1790. The maximum Gasteiger partial charge on any atom is 0.229 e. The second-order valence-electron chi connectivity index (χ2n) is 12.0. The molecular formula is C34H41BrN9O2P. The van der Waals surface area contributed by atoms with Crippen molar-refractivity contribution in [1.82, 2.24) is 19.9 Å². The standard InChI is InChI=1S/C34H41BrN9O2P/c1-37-18-22(17-36)24-15-28(30(45-2)16-29(24)44-13-9-23(10-14-44)46-20-21-5-6-21)42-34-40-19-25(35)33(43-34)41-27-8-7-26-31(32(27)47(3)4)39-12-11-38-26/h7-8,11-12,15-19,21,23H,5-6,9-10,13-14,20,36H2,1-4H3,(H2,40,41,42,43). The van der Waals surface area contributed by atoms with E-state index in [2.05, 4.69) is 70.8 Å². The number of ether oxygens (including phenoxy) is 2. The third kappa shape index (κ3) is 7.66. The summed E-state index contributed by atoms with van der Waals surface area (Å²) in [7, 11) is 2.91. The predicted molar refractivity (Wildman–Crippen MR) is 198 cm³/mol. The van der Waals surface area contributed by atoms with Crippen LogP contribution >= 0.6 is 23.9 Å². The number of hydrogen-bond donors (Lipinski definition) is 3. The lowest BCUT2D eigenvalue weighted by molar-refractivity contribution is 0.0305. The molecule has 1 aliphatic heterocycles. The molecule has 1 saturated heterocycles. The van der Waals surface area contributed by atoms with E-state index in [1.165, 1.54) is 12.8 Å². The number of benzene rings is 2. The van der Waals surface area contributed by atoms with Crippen LogP contribution in [0.5, 0.6) is 5.75 Å². The van der Waals surface area contributed by atoms with E-state index in [0.29, 0.717) is 29.3 Å². The minimum Gasteiger partial charge on any atom is -0.494 e. The normalized spacial score (nSPS) is 16.0. The average molecular weight is 719 g/mol. The molecule has 2 aromatic heterocycles. The fourth-order valence-electron chi connectivity index (χ4n) is 5.83. The van der Waals surface area contributed by atoms with E-state index in [1.807, 2.05) is 18.2 Å². The van der Waals surface area contributed by atoms with Crippen molar-refractivity contribution in [3.05, 3.63) is 59.1 Å². The van der Waals surface area contributed by atoms with E-state index in [0.717, 1.165) is 81.8 Å². The van der Waals surface area contributed by atoms with E-state index in [1.54, 1.807) is 45.2 Å². The van der Waals surface area contributed by atoms with Crippen LogP contribution in [0.4, 0.5) is 28.8 Å². The lowest BCUT2D eigenvalue weighted by Gasteiger charge is -2.35. The Labute approximate surface area is 285 Å². The zero-order chi connectivity index (χ0) is 32.9. The second kappa shape index (κ2) is 14.9. The van der Waals surface area contributed by atoms with Crippen molar-refractivity contribution in [2.75, 3.05) is 62.7 Å². The molecular weight excluding hydrogens is 677 g/mol.